The number of carbonyl (C=O) groups is 1. The smallest absolute Gasteiger partial charge is 0.257 e. The second-order valence-corrected chi connectivity index (χ2v) is 4.64. The maximum Gasteiger partial charge on any atom is 0.257 e. The lowest BCUT2D eigenvalue weighted by Gasteiger charge is -2.35. The Labute approximate surface area is 84.0 Å². The van der Waals surface area contributed by atoms with Crippen molar-refractivity contribution in [3.63, 3.8) is 0 Å². The van der Waals surface area contributed by atoms with Gasteiger partial charge in [-0.3, -0.25) is 4.79 Å². The second-order valence-electron chi connectivity index (χ2n) is 4.64. The number of carbonyl (C=O) groups excluding carboxylic acids is 1. The fraction of sp³-hybridized carbons (Fsp3) is 0.900. The van der Waals surface area contributed by atoms with Crippen LogP contribution in [0, 0.1) is 0 Å². The first-order valence-corrected chi connectivity index (χ1v) is 4.93. The van der Waals surface area contributed by atoms with E-state index >= 15 is 0 Å². The number of halogens is 1. The van der Waals surface area contributed by atoms with Gasteiger partial charge < -0.3 is 10.1 Å². The van der Waals surface area contributed by atoms with E-state index in [1.807, 2.05) is 6.92 Å². The predicted molar refractivity (Wildman–Crippen MR) is 51.8 cm³/mol. The SMILES string of the molecule is CC1(NC(=O)C(C)(C)F)CCCOC1. The van der Waals surface area contributed by atoms with Crippen molar-refractivity contribution in [2.24, 2.45) is 0 Å². The molecule has 1 N–H and O–H groups in total. The molecule has 1 rings (SSSR count). The minimum Gasteiger partial charge on any atom is -0.379 e. The van der Waals surface area contributed by atoms with Crippen molar-refractivity contribution < 1.29 is 13.9 Å². The highest BCUT2D eigenvalue weighted by Crippen LogP contribution is 2.20. The minimum atomic E-state index is -1.82. The largest absolute Gasteiger partial charge is 0.379 e. The van der Waals surface area contributed by atoms with Crippen LogP contribution in [0.2, 0.25) is 0 Å². The van der Waals surface area contributed by atoms with E-state index in [9.17, 15) is 9.18 Å². The van der Waals surface area contributed by atoms with Gasteiger partial charge in [0.1, 0.15) is 0 Å². The molecule has 14 heavy (non-hydrogen) atoms. The minimum absolute atomic E-state index is 0.404. The standard InChI is InChI=1S/C10H18FNO2/c1-9(2,11)8(13)12-10(3)5-4-6-14-7-10/h4-7H2,1-3H3,(H,12,13). The fourth-order valence-corrected chi connectivity index (χ4v) is 1.46. The first-order valence-electron chi connectivity index (χ1n) is 4.93. The quantitative estimate of drug-likeness (QED) is 0.737. The zero-order valence-electron chi connectivity index (χ0n) is 9.02. The molecule has 82 valence electrons. The first-order chi connectivity index (χ1) is 6.33. The lowest BCUT2D eigenvalue weighted by atomic mass is 9.94. The number of alkyl halides is 1. The van der Waals surface area contributed by atoms with Crippen LogP contribution in [0.3, 0.4) is 0 Å². The number of ether oxygens (including phenoxy) is 1. The van der Waals surface area contributed by atoms with Crippen LogP contribution in [0.15, 0.2) is 0 Å². The van der Waals surface area contributed by atoms with Gasteiger partial charge >= 0.3 is 0 Å². The monoisotopic (exact) mass is 203 g/mol. The molecule has 0 aromatic carbocycles. The van der Waals surface area contributed by atoms with Crippen LogP contribution in [0.5, 0.6) is 0 Å². The molecule has 0 aromatic rings. The van der Waals surface area contributed by atoms with E-state index in [1.54, 1.807) is 0 Å². The number of rotatable bonds is 2. The van der Waals surface area contributed by atoms with Crippen LogP contribution in [0.4, 0.5) is 4.39 Å². The van der Waals surface area contributed by atoms with E-state index in [0.717, 1.165) is 19.4 Å². The summed E-state index contributed by atoms with van der Waals surface area (Å²) in [5.41, 5.74) is -2.22. The third kappa shape index (κ3) is 2.94. The highest BCUT2D eigenvalue weighted by Gasteiger charge is 2.35. The molecule has 3 nitrogen and oxygen atoms in total. The van der Waals surface area contributed by atoms with Gasteiger partial charge in [-0.1, -0.05) is 0 Å². The van der Waals surface area contributed by atoms with Gasteiger partial charge in [0.15, 0.2) is 5.67 Å². The third-order valence-corrected chi connectivity index (χ3v) is 2.39. The number of hydrogen-bond donors (Lipinski definition) is 1. The lowest BCUT2D eigenvalue weighted by Crippen LogP contribution is -2.55. The molecule has 1 atom stereocenters. The molecule has 1 unspecified atom stereocenters. The molecule has 1 aliphatic rings. The van der Waals surface area contributed by atoms with Crippen LogP contribution in [0.1, 0.15) is 33.6 Å². The number of hydrogen-bond acceptors (Lipinski definition) is 2. The zero-order chi connectivity index (χ0) is 10.8. The van der Waals surface area contributed by atoms with Gasteiger partial charge in [0.2, 0.25) is 0 Å². The maximum atomic E-state index is 13.3. The highest BCUT2D eigenvalue weighted by molar-refractivity contribution is 5.84. The Morgan fingerprint density at radius 2 is 2.21 bits per heavy atom. The molecule has 1 heterocycles. The molecule has 0 aliphatic carbocycles. The predicted octanol–water partition coefficient (Wildman–Crippen LogP) is 1.42. The van der Waals surface area contributed by atoms with Crippen LogP contribution in [-0.2, 0) is 9.53 Å². The molecule has 0 radical (unpaired) electrons. The summed E-state index contributed by atoms with van der Waals surface area (Å²) < 4.78 is 18.5. The van der Waals surface area contributed by atoms with Crippen LogP contribution in [0.25, 0.3) is 0 Å². The van der Waals surface area contributed by atoms with E-state index in [-0.39, 0.29) is 0 Å². The topological polar surface area (TPSA) is 38.3 Å². The maximum absolute atomic E-state index is 13.3. The first kappa shape index (κ1) is 11.4. The normalized spacial score (nSPS) is 28.6. The van der Waals surface area contributed by atoms with Gasteiger partial charge in [-0.2, -0.15) is 0 Å². The molecule has 1 saturated heterocycles. The van der Waals surface area contributed by atoms with Crippen LogP contribution >= 0.6 is 0 Å². The Kier molecular flexibility index (Phi) is 3.14. The summed E-state index contributed by atoms with van der Waals surface area (Å²) in [6, 6.07) is 0. The zero-order valence-corrected chi connectivity index (χ0v) is 9.02. The summed E-state index contributed by atoms with van der Waals surface area (Å²) in [7, 11) is 0. The Bertz CT molecular complexity index is 217. The summed E-state index contributed by atoms with van der Waals surface area (Å²) in [5, 5.41) is 2.70. The molecule has 1 fully saturated rings. The average molecular weight is 203 g/mol. The Hall–Kier alpha value is -0.640. The average Bonchev–Trinajstić information content (AvgIpc) is 2.02. The summed E-state index contributed by atoms with van der Waals surface area (Å²) >= 11 is 0. The van der Waals surface area contributed by atoms with Crippen molar-refractivity contribution >= 4 is 5.91 Å². The van der Waals surface area contributed by atoms with E-state index in [1.165, 1.54) is 13.8 Å². The Morgan fingerprint density at radius 1 is 1.57 bits per heavy atom. The second kappa shape index (κ2) is 3.85. The highest BCUT2D eigenvalue weighted by atomic mass is 19.1. The van der Waals surface area contributed by atoms with Gasteiger partial charge in [0.25, 0.3) is 5.91 Å². The van der Waals surface area contributed by atoms with Crippen LogP contribution in [-0.4, -0.2) is 30.3 Å². The summed E-state index contributed by atoms with van der Waals surface area (Å²) in [6.07, 6.45) is 1.75. The number of amides is 1. The van der Waals surface area contributed by atoms with Gasteiger partial charge in [-0.25, -0.2) is 4.39 Å². The van der Waals surface area contributed by atoms with Gasteiger partial charge in [-0.15, -0.1) is 0 Å². The molecule has 0 bridgehead atoms. The molecule has 0 aromatic heterocycles. The van der Waals surface area contributed by atoms with Crippen LogP contribution < -0.4 is 5.32 Å². The third-order valence-electron chi connectivity index (χ3n) is 2.39. The Balaban J connectivity index is 2.54. The van der Waals surface area contributed by atoms with Crippen molar-refractivity contribution in [2.45, 2.75) is 44.8 Å². The van der Waals surface area contributed by atoms with Crippen molar-refractivity contribution in [2.75, 3.05) is 13.2 Å². The number of nitrogens with one attached hydrogen (secondary N) is 1. The van der Waals surface area contributed by atoms with E-state index in [2.05, 4.69) is 5.32 Å². The summed E-state index contributed by atoms with van der Waals surface area (Å²) in [5.74, 6) is -0.564. The van der Waals surface area contributed by atoms with Crippen molar-refractivity contribution in [3.8, 4) is 0 Å². The molecule has 1 amide bonds. The van der Waals surface area contributed by atoms with Gasteiger partial charge in [0, 0.05) is 6.61 Å². The molecular formula is C10H18FNO2. The van der Waals surface area contributed by atoms with Gasteiger partial charge in [0.05, 0.1) is 12.1 Å². The molecule has 4 heteroatoms. The molecular weight excluding hydrogens is 185 g/mol. The van der Waals surface area contributed by atoms with Crippen molar-refractivity contribution in [1.29, 1.82) is 0 Å². The lowest BCUT2D eigenvalue weighted by molar-refractivity contribution is -0.134. The van der Waals surface area contributed by atoms with E-state index in [4.69, 9.17) is 4.74 Å². The Morgan fingerprint density at radius 3 is 2.64 bits per heavy atom. The van der Waals surface area contributed by atoms with E-state index in [0.29, 0.717) is 6.61 Å². The fourth-order valence-electron chi connectivity index (χ4n) is 1.46. The molecule has 0 saturated carbocycles. The summed E-state index contributed by atoms with van der Waals surface area (Å²) in [6.45, 7) is 5.60. The molecule has 1 aliphatic heterocycles. The molecule has 0 spiro atoms. The van der Waals surface area contributed by atoms with Crippen molar-refractivity contribution in [3.05, 3.63) is 0 Å². The van der Waals surface area contributed by atoms with Gasteiger partial charge in [-0.05, 0) is 33.6 Å². The van der Waals surface area contributed by atoms with E-state index < -0.39 is 17.1 Å². The van der Waals surface area contributed by atoms with Crippen molar-refractivity contribution in [1.82, 2.24) is 5.32 Å². The summed E-state index contributed by atoms with van der Waals surface area (Å²) in [4.78, 5) is 11.4.